The van der Waals surface area contributed by atoms with Crippen molar-refractivity contribution in [2.24, 2.45) is 0 Å². The molecule has 156 valence electrons. The third kappa shape index (κ3) is 4.37. The van der Waals surface area contributed by atoms with Crippen molar-refractivity contribution in [1.82, 2.24) is 9.97 Å². The van der Waals surface area contributed by atoms with Crippen LogP contribution >= 0.6 is 0 Å². The van der Waals surface area contributed by atoms with Crippen LogP contribution in [0.25, 0.3) is 11.1 Å². The molecule has 0 fully saturated rings. The number of fused-ring (bicyclic) bond motifs is 1. The Bertz CT molecular complexity index is 1160. The fourth-order valence-corrected chi connectivity index (χ4v) is 3.26. The standard InChI is InChI=1S/C20H17F3N4O3/c21-20(22,23)13-1-4-17(24-11-13)27-7-5-12(6-8-27)9-18(28)25-14-2-3-15-16(10-14)30-19(29)26-15/h1-5,10-11H,6-9H2,(H,25,28)(H,26,29). The van der Waals surface area contributed by atoms with E-state index in [0.717, 1.165) is 17.8 Å². The van der Waals surface area contributed by atoms with Crippen LogP contribution in [0.3, 0.4) is 0 Å². The number of aromatic amines is 1. The smallest absolute Gasteiger partial charge is 0.408 e. The van der Waals surface area contributed by atoms with Crippen molar-refractivity contribution >= 4 is 28.5 Å². The van der Waals surface area contributed by atoms with Gasteiger partial charge in [0.15, 0.2) is 5.58 Å². The molecule has 1 aromatic carbocycles. The Morgan fingerprint density at radius 2 is 2.10 bits per heavy atom. The lowest BCUT2D eigenvalue weighted by atomic mass is 10.0. The zero-order valence-corrected chi connectivity index (χ0v) is 15.6. The summed E-state index contributed by atoms with van der Waals surface area (Å²) in [5.74, 6) is -0.309. The van der Waals surface area contributed by atoms with Crippen LogP contribution in [0.4, 0.5) is 24.7 Å². The molecule has 1 amide bonds. The number of alkyl halides is 3. The van der Waals surface area contributed by atoms with E-state index < -0.39 is 17.5 Å². The fourth-order valence-electron chi connectivity index (χ4n) is 3.26. The molecular formula is C20H17F3N4O3. The average Bonchev–Trinajstić information content (AvgIpc) is 3.07. The van der Waals surface area contributed by atoms with Crippen LogP contribution in [0, 0.1) is 0 Å². The maximum atomic E-state index is 12.6. The molecule has 2 N–H and O–H groups in total. The van der Waals surface area contributed by atoms with Gasteiger partial charge in [-0.3, -0.25) is 9.78 Å². The molecule has 0 unspecified atom stereocenters. The molecule has 0 saturated heterocycles. The van der Waals surface area contributed by atoms with E-state index in [1.54, 1.807) is 18.2 Å². The first-order chi connectivity index (χ1) is 14.3. The summed E-state index contributed by atoms with van der Waals surface area (Å²) in [6, 6.07) is 7.24. The van der Waals surface area contributed by atoms with Gasteiger partial charge in [-0.2, -0.15) is 13.2 Å². The van der Waals surface area contributed by atoms with Gasteiger partial charge in [-0.15, -0.1) is 0 Å². The maximum absolute atomic E-state index is 12.6. The van der Waals surface area contributed by atoms with Gasteiger partial charge in [-0.25, -0.2) is 9.78 Å². The van der Waals surface area contributed by atoms with Crippen molar-refractivity contribution in [1.29, 1.82) is 0 Å². The fraction of sp³-hybridized carbons (Fsp3) is 0.250. The molecule has 0 spiro atoms. The lowest BCUT2D eigenvalue weighted by Gasteiger charge is -2.27. The number of anilines is 2. The number of rotatable bonds is 4. The molecule has 3 aromatic rings. The Labute approximate surface area is 168 Å². The number of hydrogen-bond donors (Lipinski definition) is 2. The van der Waals surface area contributed by atoms with Gasteiger partial charge in [0.2, 0.25) is 5.91 Å². The number of carbonyl (C=O) groups excluding carboxylic acids is 1. The first kappa shape index (κ1) is 19.7. The molecule has 2 aromatic heterocycles. The van der Waals surface area contributed by atoms with Gasteiger partial charge in [0.05, 0.1) is 11.1 Å². The van der Waals surface area contributed by atoms with E-state index in [1.165, 1.54) is 6.07 Å². The predicted octanol–water partition coefficient (Wildman–Crippen LogP) is 3.70. The summed E-state index contributed by atoms with van der Waals surface area (Å²) in [5.41, 5.74) is 1.57. The number of oxazole rings is 1. The number of benzene rings is 1. The van der Waals surface area contributed by atoms with Crippen molar-refractivity contribution < 1.29 is 22.4 Å². The molecule has 1 aliphatic heterocycles. The number of carbonyl (C=O) groups is 1. The lowest BCUT2D eigenvalue weighted by Crippen LogP contribution is -2.30. The maximum Gasteiger partial charge on any atom is 0.417 e. The van der Waals surface area contributed by atoms with Crippen molar-refractivity contribution in [2.75, 3.05) is 23.3 Å². The highest BCUT2D eigenvalue weighted by atomic mass is 19.4. The van der Waals surface area contributed by atoms with Crippen LogP contribution in [-0.2, 0) is 11.0 Å². The van der Waals surface area contributed by atoms with Crippen LogP contribution < -0.4 is 16.0 Å². The van der Waals surface area contributed by atoms with Crippen LogP contribution in [0.1, 0.15) is 18.4 Å². The summed E-state index contributed by atoms with van der Waals surface area (Å²) in [6.07, 6.45) is -0.904. The minimum absolute atomic E-state index is 0.198. The number of aromatic nitrogens is 2. The van der Waals surface area contributed by atoms with Gasteiger partial charge < -0.3 is 14.6 Å². The largest absolute Gasteiger partial charge is 0.417 e. The first-order valence-electron chi connectivity index (χ1n) is 9.17. The van der Waals surface area contributed by atoms with Gasteiger partial charge in [-0.05, 0) is 30.7 Å². The normalized spacial score (nSPS) is 14.6. The molecule has 7 nitrogen and oxygen atoms in total. The topological polar surface area (TPSA) is 91.2 Å². The summed E-state index contributed by atoms with van der Waals surface area (Å²) in [4.78, 5) is 31.8. The molecular weight excluding hydrogens is 401 g/mol. The Morgan fingerprint density at radius 1 is 1.27 bits per heavy atom. The molecule has 0 radical (unpaired) electrons. The van der Waals surface area contributed by atoms with Gasteiger partial charge in [0.25, 0.3) is 0 Å². The number of nitrogens with zero attached hydrogens (tertiary/aromatic N) is 2. The third-order valence-electron chi connectivity index (χ3n) is 4.79. The summed E-state index contributed by atoms with van der Waals surface area (Å²) in [6.45, 7) is 1.01. The first-order valence-corrected chi connectivity index (χ1v) is 9.17. The van der Waals surface area contributed by atoms with Gasteiger partial charge >= 0.3 is 11.9 Å². The molecule has 30 heavy (non-hydrogen) atoms. The van der Waals surface area contributed by atoms with Crippen molar-refractivity contribution in [3.8, 4) is 0 Å². The third-order valence-corrected chi connectivity index (χ3v) is 4.79. The SMILES string of the molecule is O=C(CC1=CCN(c2ccc(C(F)(F)F)cn2)CC1)Nc1ccc2[nH]c(=O)oc2c1. The second-order valence-electron chi connectivity index (χ2n) is 6.91. The van der Waals surface area contributed by atoms with Crippen LogP contribution in [0.2, 0.25) is 0 Å². The van der Waals surface area contributed by atoms with Gasteiger partial charge in [-0.1, -0.05) is 11.6 Å². The Kier molecular flexibility index (Phi) is 5.06. The van der Waals surface area contributed by atoms with Crippen molar-refractivity contribution in [3.05, 3.63) is 64.3 Å². The summed E-state index contributed by atoms with van der Waals surface area (Å²) in [5, 5.41) is 2.77. The number of pyridine rings is 1. The predicted molar refractivity (Wildman–Crippen MR) is 104 cm³/mol. The Balaban J connectivity index is 1.35. The number of H-pyrrole nitrogens is 1. The minimum Gasteiger partial charge on any atom is -0.408 e. The Morgan fingerprint density at radius 3 is 2.77 bits per heavy atom. The second-order valence-corrected chi connectivity index (χ2v) is 6.91. The second kappa shape index (κ2) is 7.69. The quantitative estimate of drug-likeness (QED) is 0.631. The number of halogens is 3. The van der Waals surface area contributed by atoms with E-state index >= 15 is 0 Å². The highest BCUT2D eigenvalue weighted by molar-refractivity contribution is 5.94. The highest BCUT2D eigenvalue weighted by Gasteiger charge is 2.31. The number of nitrogens with one attached hydrogen (secondary N) is 2. The average molecular weight is 418 g/mol. The molecule has 0 saturated carbocycles. The molecule has 0 atom stereocenters. The van der Waals surface area contributed by atoms with E-state index in [1.807, 2.05) is 11.0 Å². The van der Waals surface area contributed by atoms with Crippen LogP contribution in [0.5, 0.6) is 0 Å². The Hall–Kier alpha value is -3.56. The monoisotopic (exact) mass is 418 g/mol. The molecule has 10 heteroatoms. The van der Waals surface area contributed by atoms with E-state index in [9.17, 15) is 22.8 Å². The summed E-state index contributed by atoms with van der Waals surface area (Å²) in [7, 11) is 0. The van der Waals surface area contributed by atoms with E-state index in [-0.39, 0.29) is 12.3 Å². The lowest BCUT2D eigenvalue weighted by molar-refractivity contribution is -0.137. The zero-order valence-electron chi connectivity index (χ0n) is 15.6. The molecule has 3 heterocycles. The van der Waals surface area contributed by atoms with E-state index in [4.69, 9.17) is 4.42 Å². The van der Waals surface area contributed by atoms with Crippen LogP contribution in [-0.4, -0.2) is 29.0 Å². The van der Waals surface area contributed by atoms with Gasteiger partial charge in [0.1, 0.15) is 5.82 Å². The van der Waals surface area contributed by atoms with Crippen molar-refractivity contribution in [2.45, 2.75) is 19.0 Å². The molecule has 4 rings (SSSR count). The minimum atomic E-state index is -4.41. The van der Waals surface area contributed by atoms with E-state index in [0.29, 0.717) is 42.1 Å². The summed E-state index contributed by atoms with van der Waals surface area (Å²) < 4.78 is 42.9. The van der Waals surface area contributed by atoms with E-state index in [2.05, 4.69) is 15.3 Å². The summed E-state index contributed by atoms with van der Waals surface area (Å²) >= 11 is 0. The number of amides is 1. The van der Waals surface area contributed by atoms with Crippen LogP contribution in [0.15, 0.2) is 57.4 Å². The molecule has 0 bridgehead atoms. The van der Waals surface area contributed by atoms with Gasteiger partial charge in [0, 0.05) is 37.5 Å². The molecule has 1 aliphatic rings. The highest BCUT2D eigenvalue weighted by Crippen LogP contribution is 2.30. The molecule has 0 aliphatic carbocycles. The zero-order chi connectivity index (χ0) is 21.3. The number of hydrogen-bond acceptors (Lipinski definition) is 5. The van der Waals surface area contributed by atoms with Crippen molar-refractivity contribution in [3.63, 3.8) is 0 Å².